The van der Waals surface area contributed by atoms with Crippen molar-refractivity contribution in [3.8, 4) is 0 Å². The van der Waals surface area contributed by atoms with Crippen LogP contribution in [0.15, 0.2) is 30.3 Å². The minimum Gasteiger partial charge on any atom is -0.467 e. The van der Waals surface area contributed by atoms with Crippen LogP contribution < -0.4 is 5.32 Å². The number of esters is 1. The molecule has 0 aromatic heterocycles. The summed E-state index contributed by atoms with van der Waals surface area (Å²) in [6, 6.07) is 8.50. The first-order valence-electron chi connectivity index (χ1n) is 5.73. The highest BCUT2D eigenvalue weighted by Gasteiger charge is 2.26. The molecule has 0 aliphatic carbocycles. The van der Waals surface area contributed by atoms with Gasteiger partial charge in [-0.15, -0.1) is 0 Å². The molecular weight excluding hydrogens is 314 g/mol. The molecule has 1 aromatic rings. The molecule has 19 heavy (non-hydrogen) atoms. The van der Waals surface area contributed by atoms with Crippen molar-refractivity contribution in [2.24, 2.45) is 0 Å². The highest BCUT2D eigenvalue weighted by atomic mass is 79.9. The Hall–Kier alpha value is -1.56. The van der Waals surface area contributed by atoms with Gasteiger partial charge in [0.15, 0.2) is 0 Å². The van der Waals surface area contributed by atoms with Crippen LogP contribution in [-0.4, -0.2) is 30.0 Å². The minimum atomic E-state index is -0.784. The minimum absolute atomic E-state index is 0.150. The van der Waals surface area contributed by atoms with Crippen molar-refractivity contribution in [3.63, 3.8) is 0 Å². The lowest BCUT2D eigenvalue weighted by Crippen LogP contribution is -2.46. The van der Waals surface area contributed by atoms with Crippen LogP contribution in [0.25, 0.3) is 0 Å². The highest BCUT2D eigenvalue weighted by Crippen LogP contribution is 2.07. The number of hydrogen-bond donors (Lipinski definition) is 1. The van der Waals surface area contributed by atoms with Crippen LogP contribution in [0.1, 0.15) is 12.5 Å². The van der Waals surface area contributed by atoms with E-state index in [9.17, 15) is 9.59 Å². The van der Waals surface area contributed by atoms with Gasteiger partial charge >= 0.3 is 12.1 Å². The summed E-state index contributed by atoms with van der Waals surface area (Å²) < 4.78 is 9.62. The van der Waals surface area contributed by atoms with E-state index in [1.165, 1.54) is 7.11 Å². The van der Waals surface area contributed by atoms with E-state index in [0.29, 0.717) is 0 Å². The third-order valence-electron chi connectivity index (χ3n) is 2.40. The molecule has 0 saturated heterocycles. The Morgan fingerprint density at radius 3 is 2.47 bits per heavy atom. The molecule has 1 N–H and O–H groups in total. The molecule has 0 spiro atoms. The maximum absolute atomic E-state index is 11.6. The van der Waals surface area contributed by atoms with Gasteiger partial charge in [-0.25, -0.2) is 9.59 Å². The van der Waals surface area contributed by atoms with Crippen LogP contribution in [0.2, 0.25) is 0 Å². The molecule has 0 saturated carbocycles. The molecule has 0 bridgehead atoms. The van der Waals surface area contributed by atoms with E-state index >= 15 is 0 Å². The Bertz CT molecular complexity index is 422. The predicted octanol–water partition coefficient (Wildman–Crippen LogP) is 2.24. The molecule has 2 atom stereocenters. The van der Waals surface area contributed by atoms with Crippen molar-refractivity contribution >= 4 is 28.0 Å². The van der Waals surface area contributed by atoms with Crippen molar-refractivity contribution in [1.82, 2.24) is 5.32 Å². The summed E-state index contributed by atoms with van der Waals surface area (Å²) >= 11 is 3.24. The molecule has 0 unspecified atom stereocenters. The van der Waals surface area contributed by atoms with Gasteiger partial charge in [0, 0.05) is 4.83 Å². The summed E-state index contributed by atoms with van der Waals surface area (Å²) in [4.78, 5) is 22.8. The molecule has 1 aromatic carbocycles. The molecule has 0 heterocycles. The maximum Gasteiger partial charge on any atom is 0.408 e. The number of alkyl carbamates (subject to hydrolysis) is 1. The molecule has 5 nitrogen and oxygen atoms in total. The Morgan fingerprint density at radius 1 is 1.32 bits per heavy atom. The second-order valence-corrected chi connectivity index (χ2v) is 5.33. The zero-order chi connectivity index (χ0) is 14.3. The van der Waals surface area contributed by atoms with E-state index in [4.69, 9.17) is 4.74 Å². The predicted molar refractivity (Wildman–Crippen MR) is 74.0 cm³/mol. The number of nitrogens with one attached hydrogen (secondary N) is 1. The number of hydrogen-bond acceptors (Lipinski definition) is 4. The van der Waals surface area contributed by atoms with Crippen molar-refractivity contribution in [2.75, 3.05) is 7.11 Å². The number of carbonyl (C=O) groups excluding carboxylic acids is 2. The van der Waals surface area contributed by atoms with Crippen molar-refractivity contribution in [1.29, 1.82) is 0 Å². The first-order valence-corrected chi connectivity index (χ1v) is 6.65. The maximum atomic E-state index is 11.6. The number of amides is 1. The smallest absolute Gasteiger partial charge is 0.408 e. The highest BCUT2D eigenvalue weighted by molar-refractivity contribution is 9.09. The monoisotopic (exact) mass is 329 g/mol. The molecule has 0 fully saturated rings. The normalized spacial score (nSPS) is 13.2. The van der Waals surface area contributed by atoms with Gasteiger partial charge in [0.2, 0.25) is 0 Å². The molecule has 104 valence electrons. The van der Waals surface area contributed by atoms with E-state index in [1.54, 1.807) is 6.92 Å². The first-order chi connectivity index (χ1) is 9.04. The lowest BCUT2D eigenvalue weighted by Gasteiger charge is -2.18. The van der Waals surface area contributed by atoms with Gasteiger partial charge in [0.1, 0.15) is 12.6 Å². The third-order valence-corrected chi connectivity index (χ3v) is 2.93. The quantitative estimate of drug-likeness (QED) is 0.664. The van der Waals surface area contributed by atoms with Gasteiger partial charge in [-0.05, 0) is 5.56 Å². The second-order valence-electron chi connectivity index (χ2n) is 3.88. The van der Waals surface area contributed by atoms with Gasteiger partial charge in [-0.3, -0.25) is 0 Å². The van der Waals surface area contributed by atoms with Crippen molar-refractivity contribution in [2.45, 2.75) is 24.4 Å². The number of ether oxygens (including phenoxy) is 2. The molecule has 0 aliphatic rings. The lowest BCUT2D eigenvalue weighted by atomic mass is 10.2. The zero-order valence-electron chi connectivity index (χ0n) is 10.8. The molecule has 1 amide bonds. The largest absolute Gasteiger partial charge is 0.467 e. The summed E-state index contributed by atoms with van der Waals surface area (Å²) in [7, 11) is 1.27. The molecule has 1 rings (SSSR count). The zero-order valence-corrected chi connectivity index (χ0v) is 12.3. The van der Waals surface area contributed by atoms with Crippen LogP contribution in [0.5, 0.6) is 0 Å². The molecule has 0 aliphatic heterocycles. The fourth-order valence-corrected chi connectivity index (χ4v) is 1.73. The SMILES string of the molecule is COC(=O)[C@@H](NC(=O)OCc1ccccc1)[C@H](C)Br. The van der Waals surface area contributed by atoms with Gasteiger partial charge in [-0.2, -0.15) is 0 Å². The number of alkyl halides is 1. The first kappa shape index (κ1) is 15.5. The van der Waals surface area contributed by atoms with Crippen LogP contribution in [0.3, 0.4) is 0 Å². The van der Waals surface area contributed by atoms with Gasteiger partial charge in [0.05, 0.1) is 7.11 Å². The van der Waals surface area contributed by atoms with Gasteiger partial charge in [-0.1, -0.05) is 53.2 Å². The van der Waals surface area contributed by atoms with E-state index in [2.05, 4.69) is 26.0 Å². The number of halogens is 1. The summed E-state index contributed by atoms with van der Waals surface area (Å²) in [5.74, 6) is -0.527. The average molecular weight is 330 g/mol. The Balaban J connectivity index is 2.47. The Labute approximate surface area is 120 Å². The number of benzene rings is 1. The second kappa shape index (κ2) is 7.78. The van der Waals surface area contributed by atoms with Crippen molar-refractivity contribution in [3.05, 3.63) is 35.9 Å². The fraction of sp³-hybridized carbons (Fsp3) is 0.385. The van der Waals surface area contributed by atoms with E-state index in [-0.39, 0.29) is 11.4 Å². The number of carbonyl (C=O) groups is 2. The lowest BCUT2D eigenvalue weighted by molar-refractivity contribution is -0.142. The van der Waals surface area contributed by atoms with Gasteiger partial charge in [0.25, 0.3) is 0 Å². The van der Waals surface area contributed by atoms with Gasteiger partial charge < -0.3 is 14.8 Å². The summed E-state index contributed by atoms with van der Waals surface area (Å²) in [6.07, 6.45) is -0.662. The van der Waals surface area contributed by atoms with Crippen LogP contribution in [-0.2, 0) is 20.9 Å². The Kier molecular flexibility index (Phi) is 6.35. The standard InChI is InChI=1S/C13H16BrNO4/c1-9(14)11(12(16)18-2)15-13(17)19-8-10-6-4-3-5-7-10/h3-7,9,11H,8H2,1-2H3,(H,15,17)/t9-,11-/m0/s1. The van der Waals surface area contributed by atoms with Crippen molar-refractivity contribution < 1.29 is 19.1 Å². The number of methoxy groups -OCH3 is 1. The van der Waals surface area contributed by atoms with Crippen LogP contribution >= 0.6 is 15.9 Å². The molecule has 6 heteroatoms. The van der Waals surface area contributed by atoms with E-state index < -0.39 is 18.1 Å². The summed E-state index contributed by atoms with van der Waals surface area (Å²) in [5, 5.41) is 2.45. The third kappa shape index (κ3) is 5.30. The topological polar surface area (TPSA) is 64.6 Å². The summed E-state index contributed by atoms with van der Waals surface area (Å²) in [6.45, 7) is 1.89. The van der Waals surface area contributed by atoms with E-state index in [0.717, 1.165) is 5.56 Å². The molecule has 0 radical (unpaired) electrons. The molecular formula is C13H16BrNO4. The summed E-state index contributed by atoms with van der Waals surface area (Å²) in [5.41, 5.74) is 0.874. The van der Waals surface area contributed by atoms with E-state index in [1.807, 2.05) is 30.3 Å². The Morgan fingerprint density at radius 2 is 1.95 bits per heavy atom. The van der Waals surface area contributed by atoms with Crippen LogP contribution in [0.4, 0.5) is 4.79 Å². The van der Waals surface area contributed by atoms with Crippen LogP contribution in [0, 0.1) is 0 Å². The average Bonchev–Trinajstić information content (AvgIpc) is 2.42. The number of rotatable bonds is 5. The fourth-order valence-electron chi connectivity index (χ4n) is 1.38.